The van der Waals surface area contributed by atoms with Gasteiger partial charge in [0, 0.05) is 19.8 Å². The Labute approximate surface area is 130 Å². The third-order valence-electron chi connectivity index (χ3n) is 3.39. The highest BCUT2D eigenvalue weighted by Gasteiger charge is 2.21. The van der Waals surface area contributed by atoms with Gasteiger partial charge >= 0.3 is 5.97 Å². The summed E-state index contributed by atoms with van der Waals surface area (Å²) >= 11 is 0. The molecular formula is C15H21NO5S. The van der Waals surface area contributed by atoms with Crippen LogP contribution in [0.4, 0.5) is 0 Å². The second kappa shape index (κ2) is 7.71. The van der Waals surface area contributed by atoms with Crippen LogP contribution in [0.3, 0.4) is 0 Å². The fraction of sp³-hybridized carbons (Fsp3) is 0.533. The Morgan fingerprint density at radius 2 is 1.95 bits per heavy atom. The summed E-state index contributed by atoms with van der Waals surface area (Å²) in [6, 6.07) is 5.63. The molecule has 2 rings (SSSR count). The summed E-state index contributed by atoms with van der Waals surface area (Å²) in [7, 11) is -2.28. The summed E-state index contributed by atoms with van der Waals surface area (Å²) < 4.78 is 36.7. The van der Waals surface area contributed by atoms with E-state index in [4.69, 9.17) is 4.74 Å². The molecule has 0 bridgehead atoms. The number of hydrogen-bond donors (Lipinski definition) is 1. The molecule has 0 radical (unpaired) electrons. The Bertz CT molecular complexity index is 593. The van der Waals surface area contributed by atoms with Gasteiger partial charge in [0.2, 0.25) is 10.0 Å². The third kappa shape index (κ3) is 5.08. The van der Waals surface area contributed by atoms with Gasteiger partial charge in [-0.15, -0.1) is 0 Å². The second-order valence-corrected chi connectivity index (χ2v) is 7.05. The van der Waals surface area contributed by atoms with E-state index >= 15 is 0 Å². The second-order valence-electron chi connectivity index (χ2n) is 5.29. The van der Waals surface area contributed by atoms with Gasteiger partial charge in [0.25, 0.3) is 0 Å². The summed E-state index contributed by atoms with van der Waals surface area (Å²) in [4.78, 5) is 11.4. The lowest BCUT2D eigenvalue weighted by Gasteiger charge is -2.08. The first-order valence-corrected chi connectivity index (χ1v) is 8.77. The summed E-state index contributed by atoms with van der Waals surface area (Å²) in [5.41, 5.74) is 0.315. The third-order valence-corrected chi connectivity index (χ3v) is 4.87. The van der Waals surface area contributed by atoms with Crippen LogP contribution in [-0.2, 0) is 19.5 Å². The lowest BCUT2D eigenvalue weighted by Crippen LogP contribution is -2.25. The molecule has 122 valence electrons. The van der Waals surface area contributed by atoms with Crippen molar-refractivity contribution in [3.63, 3.8) is 0 Å². The SMILES string of the molecule is COC(=O)c1ccc(S(=O)(=O)NCCCOCC2CC2)cc1. The molecule has 0 unspecified atom stereocenters. The number of methoxy groups -OCH3 is 1. The van der Waals surface area contributed by atoms with Crippen LogP contribution < -0.4 is 4.72 Å². The van der Waals surface area contributed by atoms with Crippen molar-refractivity contribution in [1.29, 1.82) is 0 Å². The molecule has 7 heteroatoms. The number of nitrogens with one attached hydrogen (secondary N) is 1. The van der Waals surface area contributed by atoms with E-state index in [1.165, 1.54) is 44.2 Å². The first-order valence-electron chi connectivity index (χ1n) is 7.29. The zero-order valence-corrected chi connectivity index (χ0v) is 13.4. The minimum absolute atomic E-state index is 0.124. The molecule has 0 aromatic heterocycles. The van der Waals surface area contributed by atoms with Gasteiger partial charge in [0.05, 0.1) is 17.6 Å². The van der Waals surface area contributed by atoms with Crippen molar-refractivity contribution in [2.75, 3.05) is 26.9 Å². The molecule has 0 aliphatic heterocycles. The summed E-state index contributed by atoms with van der Waals surface area (Å²) in [5.74, 6) is 0.217. The predicted octanol–water partition coefficient (Wildman–Crippen LogP) is 1.57. The van der Waals surface area contributed by atoms with Crippen LogP contribution in [0.25, 0.3) is 0 Å². The van der Waals surface area contributed by atoms with Crippen molar-refractivity contribution in [3.05, 3.63) is 29.8 Å². The first kappa shape index (κ1) is 16.9. The van der Waals surface area contributed by atoms with E-state index in [-0.39, 0.29) is 4.90 Å². The predicted molar refractivity (Wildman–Crippen MR) is 81.1 cm³/mol. The smallest absolute Gasteiger partial charge is 0.337 e. The van der Waals surface area contributed by atoms with Gasteiger partial charge in [-0.3, -0.25) is 0 Å². The highest BCUT2D eigenvalue weighted by atomic mass is 32.2. The molecule has 1 aliphatic carbocycles. The molecule has 1 N–H and O–H groups in total. The number of hydrogen-bond acceptors (Lipinski definition) is 5. The number of carbonyl (C=O) groups is 1. The number of esters is 1. The molecule has 0 saturated heterocycles. The molecule has 0 spiro atoms. The van der Waals surface area contributed by atoms with E-state index in [0.29, 0.717) is 31.1 Å². The molecule has 0 amide bonds. The van der Waals surface area contributed by atoms with Crippen LogP contribution in [0.5, 0.6) is 0 Å². The molecule has 1 aliphatic rings. The Morgan fingerprint density at radius 3 is 2.55 bits per heavy atom. The van der Waals surface area contributed by atoms with Crippen molar-refractivity contribution < 1.29 is 22.7 Å². The van der Waals surface area contributed by atoms with E-state index < -0.39 is 16.0 Å². The van der Waals surface area contributed by atoms with Crippen LogP contribution in [0, 0.1) is 5.92 Å². The van der Waals surface area contributed by atoms with Crippen LogP contribution in [0.2, 0.25) is 0 Å². The van der Waals surface area contributed by atoms with Crippen LogP contribution in [0.15, 0.2) is 29.2 Å². The Morgan fingerprint density at radius 1 is 1.27 bits per heavy atom. The average molecular weight is 327 g/mol. The van der Waals surface area contributed by atoms with Crippen LogP contribution in [0.1, 0.15) is 29.6 Å². The molecule has 1 fully saturated rings. The van der Waals surface area contributed by atoms with Crippen LogP contribution in [-0.4, -0.2) is 41.3 Å². The highest BCUT2D eigenvalue weighted by molar-refractivity contribution is 7.89. The summed E-state index contributed by atoms with van der Waals surface area (Å²) in [6.07, 6.45) is 3.12. The lowest BCUT2D eigenvalue weighted by atomic mass is 10.2. The van der Waals surface area contributed by atoms with Gasteiger partial charge < -0.3 is 9.47 Å². The Hall–Kier alpha value is -1.44. The van der Waals surface area contributed by atoms with E-state index in [1.807, 2.05) is 0 Å². The zero-order chi connectivity index (χ0) is 16.0. The number of sulfonamides is 1. The molecule has 1 saturated carbocycles. The normalized spacial score (nSPS) is 14.8. The standard InChI is InChI=1S/C15H21NO5S/c1-20-15(17)13-5-7-14(8-6-13)22(18,19)16-9-2-10-21-11-12-3-4-12/h5-8,12,16H,2-4,9-11H2,1H3. The molecule has 0 atom stereocenters. The maximum atomic E-state index is 12.1. The van der Waals surface area contributed by atoms with Crippen molar-refractivity contribution in [1.82, 2.24) is 4.72 Å². The topological polar surface area (TPSA) is 81.7 Å². The Kier molecular flexibility index (Phi) is 5.93. The molecule has 6 nitrogen and oxygen atoms in total. The number of rotatable bonds is 9. The van der Waals surface area contributed by atoms with Gasteiger partial charge in [-0.05, 0) is 49.4 Å². The van der Waals surface area contributed by atoms with E-state index in [1.54, 1.807) is 0 Å². The maximum Gasteiger partial charge on any atom is 0.337 e. The van der Waals surface area contributed by atoms with Gasteiger partial charge in [0.1, 0.15) is 0 Å². The Balaban J connectivity index is 1.77. The van der Waals surface area contributed by atoms with E-state index in [9.17, 15) is 13.2 Å². The minimum Gasteiger partial charge on any atom is -0.465 e. The number of ether oxygens (including phenoxy) is 2. The maximum absolute atomic E-state index is 12.1. The molecule has 22 heavy (non-hydrogen) atoms. The lowest BCUT2D eigenvalue weighted by molar-refractivity contribution is 0.0600. The molecule has 1 aromatic rings. The quantitative estimate of drug-likeness (QED) is 0.550. The van der Waals surface area contributed by atoms with Crippen molar-refractivity contribution in [2.24, 2.45) is 5.92 Å². The first-order chi connectivity index (χ1) is 10.5. The molecular weight excluding hydrogens is 306 g/mol. The monoisotopic (exact) mass is 327 g/mol. The zero-order valence-electron chi connectivity index (χ0n) is 12.6. The van der Waals surface area contributed by atoms with Crippen LogP contribution >= 0.6 is 0 Å². The van der Waals surface area contributed by atoms with Gasteiger partial charge in [-0.25, -0.2) is 17.9 Å². The number of benzene rings is 1. The van der Waals surface area contributed by atoms with Gasteiger partial charge in [0.15, 0.2) is 0 Å². The minimum atomic E-state index is -3.56. The van der Waals surface area contributed by atoms with Crippen molar-refractivity contribution in [3.8, 4) is 0 Å². The number of carbonyl (C=O) groups excluding carboxylic acids is 1. The summed E-state index contributed by atoms with van der Waals surface area (Å²) in [5, 5.41) is 0. The fourth-order valence-corrected chi connectivity index (χ4v) is 2.96. The highest BCUT2D eigenvalue weighted by Crippen LogP contribution is 2.28. The largest absolute Gasteiger partial charge is 0.465 e. The van der Waals surface area contributed by atoms with Crippen molar-refractivity contribution >= 4 is 16.0 Å². The van der Waals surface area contributed by atoms with Crippen molar-refractivity contribution in [2.45, 2.75) is 24.2 Å². The average Bonchev–Trinajstić information content (AvgIpc) is 3.34. The van der Waals surface area contributed by atoms with Gasteiger partial charge in [-0.1, -0.05) is 0 Å². The van der Waals surface area contributed by atoms with Gasteiger partial charge in [-0.2, -0.15) is 0 Å². The summed E-state index contributed by atoms with van der Waals surface area (Å²) in [6.45, 7) is 1.66. The molecule has 0 heterocycles. The van der Waals surface area contributed by atoms with E-state index in [2.05, 4.69) is 9.46 Å². The fourth-order valence-electron chi connectivity index (χ4n) is 1.89. The molecule has 1 aromatic carbocycles. The van der Waals surface area contributed by atoms with E-state index in [0.717, 1.165) is 6.61 Å².